The summed E-state index contributed by atoms with van der Waals surface area (Å²) in [6.45, 7) is 7.99. The molecule has 0 spiro atoms. The molecule has 0 bridgehead atoms. The summed E-state index contributed by atoms with van der Waals surface area (Å²) in [4.78, 5) is 22.5. The number of nitrogens with one attached hydrogen (secondary N) is 2. The van der Waals surface area contributed by atoms with Gasteiger partial charge in [0.25, 0.3) is 0 Å². The number of hydrogen-bond acceptors (Lipinski definition) is 3. The smallest absolute Gasteiger partial charge is 0.244 e. The predicted molar refractivity (Wildman–Crippen MR) is 58.7 cm³/mol. The third kappa shape index (κ3) is 7.99. The lowest BCUT2D eigenvalue weighted by Gasteiger charge is -2.14. The van der Waals surface area contributed by atoms with Crippen molar-refractivity contribution >= 4 is 11.9 Å². The molecule has 0 fully saturated rings. The molecule has 1 amide bonds. The van der Waals surface area contributed by atoms with E-state index in [-0.39, 0.29) is 0 Å². The van der Waals surface area contributed by atoms with Crippen molar-refractivity contribution in [2.24, 2.45) is 0 Å². The maximum atomic E-state index is 11.0. The van der Waals surface area contributed by atoms with Crippen LogP contribution in [-0.2, 0) is 9.59 Å². The highest BCUT2D eigenvalue weighted by Crippen LogP contribution is 1.75. The standard InChI is InChI=1S/C11H20N2O3/c1-3-13(4-2)9-5-8-12-10(14)6-7-11(15)16/h6-7H,3-5,8-9H2,1-2H3,(H,12,14)(H,15,16). The van der Waals surface area contributed by atoms with E-state index < -0.39 is 11.9 Å². The van der Waals surface area contributed by atoms with E-state index in [1.165, 1.54) is 4.90 Å². The largest absolute Gasteiger partial charge is 0.545 e. The van der Waals surface area contributed by atoms with Crippen LogP contribution in [0.1, 0.15) is 20.3 Å². The molecule has 0 saturated carbocycles. The maximum absolute atomic E-state index is 11.0. The minimum absolute atomic E-state index is 0.390. The SMILES string of the molecule is CC[NH+](CC)CCCNC(=O)C=CC(=O)[O-]. The topological polar surface area (TPSA) is 73.7 Å². The van der Waals surface area contributed by atoms with Crippen molar-refractivity contribution in [3.05, 3.63) is 12.2 Å². The fourth-order valence-corrected chi connectivity index (χ4v) is 1.36. The number of carboxylic acids is 1. The van der Waals surface area contributed by atoms with Crippen LogP contribution in [0, 0.1) is 0 Å². The van der Waals surface area contributed by atoms with Crippen LogP contribution in [-0.4, -0.2) is 38.1 Å². The number of amides is 1. The second-order valence-electron chi connectivity index (χ2n) is 3.50. The van der Waals surface area contributed by atoms with Gasteiger partial charge in [-0.05, 0) is 19.9 Å². The van der Waals surface area contributed by atoms with Gasteiger partial charge in [-0.15, -0.1) is 0 Å². The number of carboxylic acid groups (broad SMARTS) is 1. The van der Waals surface area contributed by atoms with E-state index in [2.05, 4.69) is 19.2 Å². The second-order valence-corrected chi connectivity index (χ2v) is 3.50. The predicted octanol–water partition coefficient (Wildman–Crippen LogP) is -2.28. The third-order valence-corrected chi connectivity index (χ3v) is 2.38. The van der Waals surface area contributed by atoms with Crippen LogP contribution >= 0.6 is 0 Å². The molecular weight excluding hydrogens is 208 g/mol. The number of rotatable bonds is 8. The van der Waals surface area contributed by atoms with Gasteiger partial charge >= 0.3 is 0 Å². The molecule has 92 valence electrons. The van der Waals surface area contributed by atoms with Crippen molar-refractivity contribution in [2.45, 2.75) is 20.3 Å². The van der Waals surface area contributed by atoms with Gasteiger partial charge in [-0.1, -0.05) is 0 Å². The van der Waals surface area contributed by atoms with Crippen molar-refractivity contribution in [2.75, 3.05) is 26.2 Å². The Morgan fingerprint density at radius 1 is 1.25 bits per heavy atom. The van der Waals surface area contributed by atoms with Crippen LogP contribution in [0.25, 0.3) is 0 Å². The van der Waals surface area contributed by atoms with Crippen LogP contribution in [0.15, 0.2) is 12.2 Å². The van der Waals surface area contributed by atoms with E-state index in [4.69, 9.17) is 0 Å². The Hall–Kier alpha value is -1.36. The van der Waals surface area contributed by atoms with Gasteiger partial charge in [-0.2, -0.15) is 0 Å². The molecule has 0 heterocycles. The summed E-state index contributed by atoms with van der Waals surface area (Å²) in [6.07, 6.45) is 2.59. The van der Waals surface area contributed by atoms with E-state index in [0.29, 0.717) is 6.54 Å². The lowest BCUT2D eigenvalue weighted by atomic mass is 10.3. The van der Waals surface area contributed by atoms with Gasteiger partial charge < -0.3 is 20.1 Å². The monoisotopic (exact) mass is 228 g/mol. The van der Waals surface area contributed by atoms with Gasteiger partial charge in [0, 0.05) is 19.0 Å². The average molecular weight is 228 g/mol. The van der Waals surface area contributed by atoms with Crippen molar-refractivity contribution in [1.82, 2.24) is 5.32 Å². The van der Waals surface area contributed by atoms with Gasteiger partial charge in [-0.3, -0.25) is 4.79 Å². The molecule has 0 unspecified atom stereocenters. The minimum Gasteiger partial charge on any atom is -0.545 e. The molecule has 5 nitrogen and oxygen atoms in total. The quantitative estimate of drug-likeness (QED) is 0.363. The van der Waals surface area contributed by atoms with E-state index in [1.54, 1.807) is 0 Å². The zero-order chi connectivity index (χ0) is 12.4. The zero-order valence-electron chi connectivity index (χ0n) is 9.91. The van der Waals surface area contributed by atoms with Crippen LogP contribution < -0.4 is 15.3 Å². The highest BCUT2D eigenvalue weighted by atomic mass is 16.4. The third-order valence-electron chi connectivity index (χ3n) is 2.38. The first-order valence-corrected chi connectivity index (χ1v) is 5.60. The average Bonchev–Trinajstić information content (AvgIpc) is 2.26. The van der Waals surface area contributed by atoms with Crippen molar-refractivity contribution in [3.63, 3.8) is 0 Å². The van der Waals surface area contributed by atoms with Crippen LogP contribution in [0.5, 0.6) is 0 Å². The number of carbonyl (C=O) groups is 2. The highest BCUT2D eigenvalue weighted by Gasteiger charge is 2.01. The zero-order valence-corrected chi connectivity index (χ0v) is 9.91. The van der Waals surface area contributed by atoms with E-state index in [1.807, 2.05) is 0 Å². The molecule has 0 aliphatic carbocycles. The lowest BCUT2D eigenvalue weighted by molar-refractivity contribution is -0.896. The molecule has 5 heteroatoms. The number of carbonyl (C=O) groups excluding carboxylic acids is 2. The molecule has 16 heavy (non-hydrogen) atoms. The Labute approximate surface area is 96.1 Å². The van der Waals surface area contributed by atoms with Gasteiger partial charge in [-0.25, -0.2) is 0 Å². The van der Waals surface area contributed by atoms with E-state index in [9.17, 15) is 14.7 Å². The van der Waals surface area contributed by atoms with Crippen molar-refractivity contribution in [3.8, 4) is 0 Å². The minimum atomic E-state index is -1.36. The number of aliphatic carboxylic acids is 1. The normalized spacial score (nSPS) is 10.9. The van der Waals surface area contributed by atoms with Crippen molar-refractivity contribution in [1.29, 1.82) is 0 Å². The van der Waals surface area contributed by atoms with Gasteiger partial charge in [0.05, 0.1) is 25.6 Å². The first kappa shape index (κ1) is 14.6. The summed E-state index contributed by atoms with van der Waals surface area (Å²) < 4.78 is 0. The van der Waals surface area contributed by atoms with Gasteiger partial charge in [0.2, 0.25) is 5.91 Å². The van der Waals surface area contributed by atoms with Gasteiger partial charge in [0.1, 0.15) is 0 Å². The molecular formula is C11H20N2O3. The number of quaternary nitrogens is 1. The molecule has 0 radical (unpaired) electrons. The maximum Gasteiger partial charge on any atom is 0.244 e. The molecule has 0 aliphatic heterocycles. The van der Waals surface area contributed by atoms with Crippen molar-refractivity contribution < 1.29 is 19.6 Å². The van der Waals surface area contributed by atoms with Crippen LogP contribution in [0.3, 0.4) is 0 Å². The fraction of sp³-hybridized carbons (Fsp3) is 0.636. The Kier molecular flexibility index (Phi) is 8.15. The van der Waals surface area contributed by atoms with E-state index >= 15 is 0 Å². The Balaban J connectivity index is 3.58. The van der Waals surface area contributed by atoms with Gasteiger partial charge in [0.15, 0.2) is 0 Å². The molecule has 2 N–H and O–H groups in total. The summed E-state index contributed by atoms with van der Waals surface area (Å²) in [5, 5.41) is 12.6. The molecule has 0 aliphatic rings. The Morgan fingerprint density at radius 3 is 2.38 bits per heavy atom. The lowest BCUT2D eigenvalue weighted by Crippen LogP contribution is -3.11. The van der Waals surface area contributed by atoms with Crippen LogP contribution in [0.4, 0.5) is 0 Å². The van der Waals surface area contributed by atoms with E-state index in [0.717, 1.165) is 38.2 Å². The fourth-order valence-electron chi connectivity index (χ4n) is 1.36. The molecule has 0 aromatic rings. The first-order chi connectivity index (χ1) is 7.60. The Bertz CT molecular complexity index is 248. The summed E-state index contributed by atoms with van der Waals surface area (Å²) in [6, 6.07) is 0. The second kappa shape index (κ2) is 8.91. The Morgan fingerprint density at radius 2 is 1.88 bits per heavy atom. The summed E-state index contributed by atoms with van der Waals surface area (Å²) in [5.74, 6) is -1.75. The summed E-state index contributed by atoms with van der Waals surface area (Å²) in [5.41, 5.74) is 0. The number of hydrogen-bond donors (Lipinski definition) is 2. The molecule has 0 aromatic carbocycles. The molecule has 0 rings (SSSR count). The summed E-state index contributed by atoms with van der Waals surface area (Å²) >= 11 is 0. The first-order valence-electron chi connectivity index (χ1n) is 5.60. The summed E-state index contributed by atoms with van der Waals surface area (Å²) in [7, 11) is 0. The molecule has 0 saturated heterocycles. The van der Waals surface area contributed by atoms with Crippen LogP contribution in [0.2, 0.25) is 0 Å². The molecule has 0 atom stereocenters. The highest BCUT2D eigenvalue weighted by molar-refractivity contribution is 5.93. The molecule has 0 aromatic heterocycles.